The summed E-state index contributed by atoms with van der Waals surface area (Å²) in [6.45, 7) is 8.66. The molecule has 2 aromatic carbocycles. The third-order valence-corrected chi connectivity index (χ3v) is 5.38. The SMILES string of the molecule is Cc1cccc([C@@]2(C)CC(C)(C)N(C(=O)CCl)c3ccccc32)c1. The van der Waals surface area contributed by atoms with Crippen molar-refractivity contribution in [2.24, 2.45) is 0 Å². The van der Waals surface area contributed by atoms with Gasteiger partial charge in [0.15, 0.2) is 0 Å². The Kier molecular flexibility index (Phi) is 4.21. The van der Waals surface area contributed by atoms with E-state index in [1.807, 2.05) is 17.0 Å². The smallest absolute Gasteiger partial charge is 0.242 e. The summed E-state index contributed by atoms with van der Waals surface area (Å²) in [6.07, 6.45) is 0.850. The number of aryl methyl sites for hydroxylation is 1. The molecule has 1 atom stereocenters. The fourth-order valence-electron chi connectivity index (χ4n) is 4.28. The molecular formula is C21H24ClNO. The summed E-state index contributed by atoms with van der Waals surface area (Å²) < 4.78 is 0. The number of fused-ring (bicyclic) bond motifs is 1. The number of halogens is 1. The molecule has 0 bridgehead atoms. The molecule has 1 amide bonds. The first kappa shape index (κ1) is 17.0. The van der Waals surface area contributed by atoms with Gasteiger partial charge in [0.05, 0.1) is 0 Å². The Labute approximate surface area is 149 Å². The van der Waals surface area contributed by atoms with Gasteiger partial charge in [-0.05, 0) is 44.4 Å². The molecular weight excluding hydrogens is 318 g/mol. The maximum absolute atomic E-state index is 12.5. The molecule has 126 valence electrons. The van der Waals surface area contributed by atoms with E-state index in [9.17, 15) is 4.79 Å². The van der Waals surface area contributed by atoms with Crippen LogP contribution < -0.4 is 4.90 Å². The Morgan fingerprint density at radius 1 is 1.12 bits per heavy atom. The number of amides is 1. The van der Waals surface area contributed by atoms with Crippen molar-refractivity contribution in [2.75, 3.05) is 10.8 Å². The molecule has 1 aliphatic heterocycles. The van der Waals surface area contributed by atoms with Crippen LogP contribution >= 0.6 is 11.6 Å². The third-order valence-electron chi connectivity index (χ3n) is 5.15. The first-order valence-corrected chi connectivity index (χ1v) is 8.89. The van der Waals surface area contributed by atoms with Gasteiger partial charge >= 0.3 is 0 Å². The molecule has 0 saturated heterocycles. The molecule has 0 saturated carbocycles. The van der Waals surface area contributed by atoms with E-state index in [1.165, 1.54) is 16.7 Å². The van der Waals surface area contributed by atoms with Gasteiger partial charge in [0.25, 0.3) is 0 Å². The van der Waals surface area contributed by atoms with Crippen molar-refractivity contribution in [2.45, 2.75) is 45.1 Å². The highest BCUT2D eigenvalue weighted by Crippen LogP contribution is 2.50. The van der Waals surface area contributed by atoms with Gasteiger partial charge in [-0.1, -0.05) is 55.0 Å². The van der Waals surface area contributed by atoms with Gasteiger partial charge in [0.2, 0.25) is 5.91 Å². The highest BCUT2D eigenvalue weighted by Gasteiger charge is 2.47. The Balaban J connectivity index is 2.25. The van der Waals surface area contributed by atoms with Crippen molar-refractivity contribution in [3.63, 3.8) is 0 Å². The lowest BCUT2D eigenvalue weighted by molar-refractivity contribution is -0.117. The van der Waals surface area contributed by atoms with Gasteiger partial charge in [0.1, 0.15) is 5.88 Å². The molecule has 0 aliphatic carbocycles. The number of hydrogen-bond acceptors (Lipinski definition) is 1. The first-order valence-electron chi connectivity index (χ1n) is 8.35. The highest BCUT2D eigenvalue weighted by atomic mass is 35.5. The molecule has 3 rings (SSSR count). The summed E-state index contributed by atoms with van der Waals surface area (Å²) in [5, 5.41) is 0. The van der Waals surface area contributed by atoms with E-state index in [-0.39, 0.29) is 22.7 Å². The first-order chi connectivity index (χ1) is 11.3. The number of nitrogens with zero attached hydrogens (tertiary/aromatic N) is 1. The molecule has 2 aromatic rings. The average Bonchev–Trinajstić information content (AvgIpc) is 2.54. The predicted molar refractivity (Wildman–Crippen MR) is 101 cm³/mol. The van der Waals surface area contributed by atoms with E-state index < -0.39 is 0 Å². The molecule has 0 fully saturated rings. The molecule has 3 heteroatoms. The van der Waals surface area contributed by atoms with Gasteiger partial charge < -0.3 is 4.90 Å². The number of carbonyl (C=O) groups excluding carboxylic acids is 1. The highest BCUT2D eigenvalue weighted by molar-refractivity contribution is 6.29. The van der Waals surface area contributed by atoms with Crippen LogP contribution in [0.25, 0.3) is 0 Å². The summed E-state index contributed by atoms with van der Waals surface area (Å²) in [5.74, 6) is -0.0424. The second kappa shape index (κ2) is 5.93. The van der Waals surface area contributed by atoms with Crippen LogP contribution in [0.3, 0.4) is 0 Å². The number of para-hydroxylation sites is 1. The van der Waals surface area contributed by atoms with Crippen LogP contribution in [0.5, 0.6) is 0 Å². The van der Waals surface area contributed by atoms with Gasteiger partial charge in [-0.2, -0.15) is 0 Å². The molecule has 0 aromatic heterocycles. The van der Waals surface area contributed by atoms with E-state index in [2.05, 4.69) is 64.1 Å². The lowest BCUT2D eigenvalue weighted by atomic mass is 9.65. The molecule has 0 N–H and O–H groups in total. The Hall–Kier alpha value is -1.80. The van der Waals surface area contributed by atoms with E-state index in [0.717, 1.165) is 12.1 Å². The number of anilines is 1. The Morgan fingerprint density at radius 2 is 1.83 bits per heavy atom. The fourth-order valence-corrected chi connectivity index (χ4v) is 4.40. The van der Waals surface area contributed by atoms with Crippen molar-refractivity contribution in [1.29, 1.82) is 0 Å². The number of rotatable bonds is 2. The van der Waals surface area contributed by atoms with E-state index in [1.54, 1.807) is 0 Å². The molecule has 1 aliphatic rings. The molecule has 1 heterocycles. The van der Waals surface area contributed by atoms with E-state index in [4.69, 9.17) is 11.6 Å². The maximum Gasteiger partial charge on any atom is 0.242 e. The summed E-state index contributed by atoms with van der Waals surface area (Å²) in [4.78, 5) is 14.4. The fraction of sp³-hybridized carbons (Fsp3) is 0.381. The monoisotopic (exact) mass is 341 g/mol. The van der Waals surface area contributed by atoms with E-state index >= 15 is 0 Å². The lowest BCUT2D eigenvalue weighted by Gasteiger charge is -2.51. The van der Waals surface area contributed by atoms with Crippen molar-refractivity contribution in [3.05, 3.63) is 65.2 Å². The number of carbonyl (C=O) groups is 1. The summed E-state index contributed by atoms with van der Waals surface area (Å²) in [5.41, 5.74) is 4.26. The summed E-state index contributed by atoms with van der Waals surface area (Å²) >= 11 is 5.90. The van der Waals surface area contributed by atoms with Crippen LogP contribution in [0.15, 0.2) is 48.5 Å². The molecule has 0 radical (unpaired) electrons. The predicted octanol–water partition coefficient (Wildman–Crippen LogP) is 5.06. The van der Waals surface area contributed by atoms with Crippen LogP contribution in [-0.4, -0.2) is 17.3 Å². The van der Waals surface area contributed by atoms with Gasteiger partial charge in [0, 0.05) is 16.6 Å². The number of hydrogen-bond donors (Lipinski definition) is 0. The molecule has 24 heavy (non-hydrogen) atoms. The zero-order chi connectivity index (χ0) is 17.5. The maximum atomic E-state index is 12.5. The van der Waals surface area contributed by atoms with Gasteiger partial charge in [-0.3, -0.25) is 4.79 Å². The summed E-state index contributed by atoms with van der Waals surface area (Å²) in [7, 11) is 0. The quantitative estimate of drug-likeness (QED) is 0.699. The topological polar surface area (TPSA) is 20.3 Å². The molecule has 0 unspecified atom stereocenters. The van der Waals surface area contributed by atoms with Crippen LogP contribution in [0, 0.1) is 6.92 Å². The van der Waals surface area contributed by atoms with Crippen molar-refractivity contribution < 1.29 is 4.79 Å². The van der Waals surface area contributed by atoms with E-state index in [0.29, 0.717) is 0 Å². The molecule has 2 nitrogen and oxygen atoms in total. The number of benzene rings is 2. The summed E-state index contributed by atoms with van der Waals surface area (Å²) in [6, 6.07) is 16.9. The van der Waals surface area contributed by atoms with Crippen molar-refractivity contribution in [1.82, 2.24) is 0 Å². The minimum absolute atomic E-state index is 0.00107. The van der Waals surface area contributed by atoms with Crippen molar-refractivity contribution in [3.8, 4) is 0 Å². The Morgan fingerprint density at radius 3 is 2.50 bits per heavy atom. The average molecular weight is 342 g/mol. The van der Waals surface area contributed by atoms with Crippen LogP contribution in [-0.2, 0) is 10.2 Å². The van der Waals surface area contributed by atoms with Gasteiger partial charge in [-0.25, -0.2) is 0 Å². The largest absolute Gasteiger partial charge is 0.305 e. The lowest BCUT2D eigenvalue weighted by Crippen LogP contribution is -2.56. The minimum Gasteiger partial charge on any atom is -0.305 e. The van der Waals surface area contributed by atoms with Crippen molar-refractivity contribution >= 4 is 23.2 Å². The third kappa shape index (κ3) is 2.63. The van der Waals surface area contributed by atoms with Crippen LogP contribution in [0.1, 0.15) is 43.9 Å². The second-order valence-corrected chi connectivity index (χ2v) is 7.84. The minimum atomic E-state index is -0.307. The standard InChI is InChI=1S/C21H24ClNO/c1-15-8-7-9-16(12-15)21(4)14-20(2,3)23(19(24)13-22)18-11-6-5-10-17(18)21/h5-12H,13-14H2,1-4H3/t21-/m1/s1. The molecule has 0 spiro atoms. The Bertz CT molecular complexity index is 783. The zero-order valence-corrected chi connectivity index (χ0v) is 15.5. The zero-order valence-electron chi connectivity index (χ0n) is 14.8. The normalized spacial score (nSPS) is 22.1. The number of alkyl halides is 1. The van der Waals surface area contributed by atoms with Gasteiger partial charge in [-0.15, -0.1) is 11.6 Å². The second-order valence-electron chi connectivity index (χ2n) is 7.57. The van der Waals surface area contributed by atoms with Crippen LogP contribution in [0.4, 0.5) is 5.69 Å². The van der Waals surface area contributed by atoms with Crippen LogP contribution in [0.2, 0.25) is 0 Å².